The molecule has 0 aliphatic heterocycles. The standard InChI is InChI=1S/C6H11FO/c1-6(2,3)5(8)4-7/h4H2,1-3H3/i7-1. The molecule has 0 aliphatic rings. The smallest absolute Gasteiger partial charge is 0.169 e. The van der Waals surface area contributed by atoms with Crippen LogP contribution >= 0.6 is 0 Å². The van der Waals surface area contributed by atoms with Gasteiger partial charge in [-0.15, -0.1) is 0 Å². The average Bonchev–Trinajstić information content (AvgIpc) is 1.62. The third-order valence-electron chi connectivity index (χ3n) is 0.958. The van der Waals surface area contributed by atoms with Gasteiger partial charge in [0, 0.05) is 5.41 Å². The molecule has 1 nitrogen and oxygen atoms in total. The van der Waals surface area contributed by atoms with Crippen LogP contribution in [-0.4, -0.2) is 12.5 Å². The lowest BCUT2D eigenvalue weighted by atomic mass is 9.92. The lowest BCUT2D eigenvalue weighted by molar-refractivity contribution is -0.127. The van der Waals surface area contributed by atoms with Gasteiger partial charge in [0.25, 0.3) is 0 Å². The van der Waals surface area contributed by atoms with Crippen molar-refractivity contribution in [2.24, 2.45) is 5.41 Å². The number of halogens is 1. The van der Waals surface area contributed by atoms with Crippen LogP contribution in [0.4, 0.5) is 4.39 Å². The fourth-order valence-corrected chi connectivity index (χ4v) is 0.200. The molecule has 0 unspecified atom stereocenters. The Morgan fingerprint density at radius 2 is 1.88 bits per heavy atom. The number of ketones is 1. The normalized spacial score (nSPS) is 11.5. The fraction of sp³-hybridized carbons (Fsp3) is 0.833. The second-order valence-electron chi connectivity index (χ2n) is 2.81. The van der Waals surface area contributed by atoms with Crippen LogP contribution in [0.5, 0.6) is 0 Å². The predicted molar refractivity (Wildman–Crippen MR) is 30.4 cm³/mol. The van der Waals surface area contributed by atoms with Crippen LogP contribution in [0.1, 0.15) is 20.8 Å². The Hall–Kier alpha value is -0.400. The van der Waals surface area contributed by atoms with E-state index in [-0.39, 0.29) is 5.78 Å². The lowest BCUT2D eigenvalue weighted by Gasteiger charge is -2.12. The molecule has 0 heterocycles. The van der Waals surface area contributed by atoms with Crippen molar-refractivity contribution in [1.29, 1.82) is 0 Å². The number of carbonyl (C=O) groups excluding carboxylic acids is 1. The fourth-order valence-electron chi connectivity index (χ4n) is 0.200. The molecule has 0 radical (unpaired) electrons. The van der Waals surface area contributed by atoms with Crippen LogP contribution < -0.4 is 0 Å². The van der Waals surface area contributed by atoms with Crippen molar-refractivity contribution in [2.45, 2.75) is 20.8 Å². The molecule has 0 aromatic heterocycles. The van der Waals surface area contributed by atoms with Gasteiger partial charge in [-0.2, -0.15) is 0 Å². The molecule has 0 atom stereocenters. The van der Waals surface area contributed by atoms with E-state index in [1.807, 2.05) is 0 Å². The molecule has 0 rings (SSSR count). The van der Waals surface area contributed by atoms with Gasteiger partial charge < -0.3 is 0 Å². The van der Waals surface area contributed by atoms with Gasteiger partial charge in [0.15, 0.2) is 5.78 Å². The summed E-state index contributed by atoms with van der Waals surface area (Å²) < 4.78 is 11.5. The Kier molecular flexibility index (Phi) is 2.13. The molecule has 0 saturated heterocycles. The van der Waals surface area contributed by atoms with Gasteiger partial charge in [-0.1, -0.05) is 20.8 Å². The number of hydrogen-bond acceptors (Lipinski definition) is 1. The second kappa shape index (κ2) is 2.25. The largest absolute Gasteiger partial charge is 0.296 e. The van der Waals surface area contributed by atoms with Crippen LogP contribution in [-0.2, 0) is 4.79 Å². The van der Waals surface area contributed by atoms with E-state index < -0.39 is 12.1 Å². The van der Waals surface area contributed by atoms with Crippen LogP contribution in [0.15, 0.2) is 0 Å². The van der Waals surface area contributed by atoms with E-state index in [1.54, 1.807) is 20.8 Å². The minimum Gasteiger partial charge on any atom is -0.296 e. The molecule has 0 aromatic rings. The van der Waals surface area contributed by atoms with Crippen LogP contribution in [0.3, 0.4) is 0 Å². The zero-order chi connectivity index (χ0) is 6.78. The first kappa shape index (κ1) is 7.60. The first-order chi connectivity index (χ1) is 3.48. The van der Waals surface area contributed by atoms with E-state index in [0.717, 1.165) is 0 Å². The van der Waals surface area contributed by atoms with E-state index in [2.05, 4.69) is 0 Å². The van der Waals surface area contributed by atoms with Crippen LogP contribution in [0, 0.1) is 5.41 Å². The third kappa shape index (κ3) is 2.05. The Morgan fingerprint density at radius 1 is 1.50 bits per heavy atom. The summed E-state index contributed by atoms with van der Waals surface area (Å²) in [6, 6.07) is 0. The van der Waals surface area contributed by atoms with E-state index in [0.29, 0.717) is 0 Å². The Bertz CT molecular complexity index is 91.2. The predicted octanol–water partition coefficient (Wildman–Crippen LogP) is 1.57. The molecule has 8 heavy (non-hydrogen) atoms. The maximum Gasteiger partial charge on any atom is 0.169 e. The molecular weight excluding hydrogens is 106 g/mol. The van der Waals surface area contributed by atoms with Crippen molar-refractivity contribution in [3.05, 3.63) is 0 Å². The quantitative estimate of drug-likeness (QED) is 0.509. The topological polar surface area (TPSA) is 17.1 Å². The summed E-state index contributed by atoms with van der Waals surface area (Å²) in [4.78, 5) is 10.5. The Morgan fingerprint density at radius 3 is 1.88 bits per heavy atom. The number of hydrogen-bond donors (Lipinski definition) is 0. The highest BCUT2D eigenvalue weighted by Crippen LogP contribution is 2.13. The molecule has 0 bridgehead atoms. The highest BCUT2D eigenvalue weighted by atomic mass is 18.2. The van der Waals surface area contributed by atoms with Gasteiger partial charge >= 0.3 is 0 Å². The summed E-state index contributed by atoms with van der Waals surface area (Å²) in [5, 5.41) is 0. The van der Waals surface area contributed by atoms with Crippen molar-refractivity contribution in [3.63, 3.8) is 0 Å². The van der Waals surface area contributed by atoms with Crippen molar-refractivity contribution < 1.29 is 9.18 Å². The van der Waals surface area contributed by atoms with E-state index >= 15 is 0 Å². The van der Waals surface area contributed by atoms with Crippen molar-refractivity contribution in [1.82, 2.24) is 0 Å². The van der Waals surface area contributed by atoms with Crippen LogP contribution in [0.25, 0.3) is 0 Å². The zero-order valence-electron chi connectivity index (χ0n) is 5.49. The lowest BCUT2D eigenvalue weighted by Crippen LogP contribution is -2.21. The molecule has 0 spiro atoms. The van der Waals surface area contributed by atoms with E-state index in [4.69, 9.17) is 0 Å². The summed E-state index contributed by atoms with van der Waals surface area (Å²) in [7, 11) is 0. The van der Waals surface area contributed by atoms with Crippen molar-refractivity contribution >= 4 is 5.78 Å². The van der Waals surface area contributed by atoms with Crippen molar-refractivity contribution in [3.8, 4) is 0 Å². The summed E-state index contributed by atoms with van der Waals surface area (Å²) >= 11 is 0. The monoisotopic (exact) mass is 117 g/mol. The third-order valence-corrected chi connectivity index (χ3v) is 0.958. The van der Waals surface area contributed by atoms with Gasteiger partial charge in [0.1, 0.15) is 6.67 Å². The second-order valence-corrected chi connectivity index (χ2v) is 2.81. The molecule has 48 valence electrons. The maximum atomic E-state index is 11.5. The minimum absolute atomic E-state index is 0.336. The first-order valence-corrected chi connectivity index (χ1v) is 2.57. The molecular formula is C6H11FO. The number of carbonyl (C=O) groups is 1. The van der Waals surface area contributed by atoms with Crippen molar-refractivity contribution in [2.75, 3.05) is 6.67 Å². The summed E-state index contributed by atoms with van der Waals surface area (Å²) in [6.45, 7) is 4.27. The number of rotatable bonds is 1. The number of Topliss-reactive ketones (excluding diaryl/α,β-unsaturated/α-hetero) is 1. The number of alkyl halides is 1. The SMILES string of the molecule is CC(C)(C)C(=O)C[18F]. The van der Waals surface area contributed by atoms with Gasteiger partial charge in [0.05, 0.1) is 0 Å². The highest BCUT2D eigenvalue weighted by Gasteiger charge is 2.19. The molecule has 2 heteroatoms. The van der Waals surface area contributed by atoms with Gasteiger partial charge in [-0.3, -0.25) is 4.79 Å². The average molecular weight is 117 g/mol. The minimum atomic E-state index is -0.844. The van der Waals surface area contributed by atoms with Crippen LogP contribution in [0.2, 0.25) is 0 Å². The summed E-state index contributed by atoms with van der Waals surface area (Å²) in [6.07, 6.45) is 0. The molecule has 0 aromatic carbocycles. The zero-order valence-corrected chi connectivity index (χ0v) is 5.49. The van der Waals surface area contributed by atoms with E-state index in [9.17, 15) is 9.18 Å². The molecule has 0 N–H and O–H groups in total. The summed E-state index contributed by atoms with van der Waals surface area (Å²) in [5.41, 5.74) is -0.505. The molecule has 0 fully saturated rings. The van der Waals surface area contributed by atoms with Gasteiger partial charge in [-0.25, -0.2) is 4.39 Å². The molecule has 0 aliphatic carbocycles. The molecule has 0 amide bonds. The maximum absolute atomic E-state index is 11.5. The Balaban J connectivity index is 3.82. The molecule has 0 saturated carbocycles. The highest BCUT2D eigenvalue weighted by molar-refractivity contribution is 5.84. The van der Waals surface area contributed by atoms with Gasteiger partial charge in [0.2, 0.25) is 0 Å². The Labute approximate surface area is 48.9 Å². The van der Waals surface area contributed by atoms with Gasteiger partial charge in [-0.05, 0) is 0 Å². The summed E-state index contributed by atoms with van der Waals surface area (Å²) in [5.74, 6) is -0.336. The van der Waals surface area contributed by atoms with E-state index in [1.165, 1.54) is 0 Å². The first-order valence-electron chi connectivity index (χ1n) is 2.57.